The van der Waals surface area contributed by atoms with Gasteiger partial charge < -0.3 is 0 Å². The van der Waals surface area contributed by atoms with Gasteiger partial charge in [0.25, 0.3) is 0 Å². The lowest BCUT2D eigenvalue weighted by Crippen LogP contribution is -2.04. The first-order valence-electron chi connectivity index (χ1n) is 6.15. The molecule has 0 bridgehead atoms. The van der Waals surface area contributed by atoms with Gasteiger partial charge in [-0.1, -0.05) is 23.2 Å². The van der Waals surface area contributed by atoms with E-state index in [9.17, 15) is 0 Å². The van der Waals surface area contributed by atoms with Crippen molar-refractivity contribution in [2.75, 3.05) is 5.88 Å². The predicted octanol–water partition coefficient (Wildman–Crippen LogP) is 5.27. The van der Waals surface area contributed by atoms with E-state index >= 15 is 0 Å². The molecule has 108 valence electrons. The fraction of sp³-hybridized carbons (Fsp3) is 0.143. The zero-order valence-electron chi connectivity index (χ0n) is 10.7. The van der Waals surface area contributed by atoms with Crippen molar-refractivity contribution < 1.29 is 0 Å². The van der Waals surface area contributed by atoms with Crippen LogP contribution >= 0.6 is 50.7 Å². The molecule has 0 aliphatic carbocycles. The zero-order chi connectivity index (χ0) is 15.0. The Morgan fingerprint density at radius 2 is 1.95 bits per heavy atom. The smallest absolute Gasteiger partial charge is 0.164 e. The van der Waals surface area contributed by atoms with Crippen LogP contribution in [-0.4, -0.2) is 20.4 Å². The van der Waals surface area contributed by atoms with Crippen LogP contribution in [0.4, 0.5) is 0 Å². The number of pyridine rings is 1. The van der Waals surface area contributed by atoms with E-state index in [0.717, 1.165) is 27.1 Å². The third-order valence-electron chi connectivity index (χ3n) is 3.06. The Morgan fingerprint density at radius 3 is 2.71 bits per heavy atom. The molecule has 3 rings (SSSR count). The SMILES string of the molecule is ClCCc1nc2cccnc2n1-c1ccc(Br)c(Cl)c1Cl. The van der Waals surface area contributed by atoms with E-state index in [2.05, 4.69) is 25.9 Å². The first-order valence-corrected chi connectivity index (χ1v) is 8.24. The Bertz CT molecular complexity index is 817. The van der Waals surface area contributed by atoms with Crippen LogP contribution in [0.2, 0.25) is 10.0 Å². The van der Waals surface area contributed by atoms with Gasteiger partial charge in [-0.3, -0.25) is 4.57 Å². The molecule has 0 N–H and O–H groups in total. The summed E-state index contributed by atoms with van der Waals surface area (Å²) < 4.78 is 2.65. The molecule has 0 spiro atoms. The second kappa shape index (κ2) is 6.13. The first kappa shape index (κ1) is 15.1. The van der Waals surface area contributed by atoms with Crippen molar-refractivity contribution in [2.45, 2.75) is 6.42 Å². The average Bonchev–Trinajstić information content (AvgIpc) is 2.84. The van der Waals surface area contributed by atoms with Gasteiger partial charge in [-0.15, -0.1) is 11.6 Å². The number of hydrogen-bond donors (Lipinski definition) is 0. The van der Waals surface area contributed by atoms with E-state index in [1.54, 1.807) is 6.20 Å². The van der Waals surface area contributed by atoms with Gasteiger partial charge in [-0.2, -0.15) is 0 Å². The normalized spacial score (nSPS) is 11.2. The van der Waals surface area contributed by atoms with Crippen LogP contribution in [0.25, 0.3) is 16.9 Å². The Morgan fingerprint density at radius 1 is 1.14 bits per heavy atom. The van der Waals surface area contributed by atoms with Gasteiger partial charge in [0.2, 0.25) is 0 Å². The fourth-order valence-corrected chi connectivity index (χ4v) is 3.18. The molecule has 0 fully saturated rings. The lowest BCUT2D eigenvalue weighted by atomic mass is 10.3. The number of fused-ring (bicyclic) bond motifs is 1. The molecule has 3 nitrogen and oxygen atoms in total. The second-order valence-corrected chi connectivity index (χ2v) is 6.33. The zero-order valence-corrected chi connectivity index (χ0v) is 14.5. The summed E-state index contributed by atoms with van der Waals surface area (Å²) in [7, 11) is 0. The number of halogens is 4. The quantitative estimate of drug-likeness (QED) is 0.439. The van der Waals surface area contributed by atoms with Crippen molar-refractivity contribution in [2.24, 2.45) is 0 Å². The molecule has 21 heavy (non-hydrogen) atoms. The van der Waals surface area contributed by atoms with Gasteiger partial charge in [0.15, 0.2) is 5.65 Å². The minimum atomic E-state index is 0.451. The number of rotatable bonds is 3. The lowest BCUT2D eigenvalue weighted by molar-refractivity contribution is 0.905. The molecule has 0 saturated carbocycles. The van der Waals surface area contributed by atoms with E-state index in [-0.39, 0.29) is 0 Å². The van der Waals surface area contributed by atoms with Crippen LogP contribution in [0.3, 0.4) is 0 Å². The van der Waals surface area contributed by atoms with Gasteiger partial charge in [0, 0.05) is 23.0 Å². The minimum Gasteiger partial charge on any atom is -0.279 e. The number of nitrogens with zero attached hydrogens (tertiary/aromatic N) is 3. The Balaban J connectivity index is 2.33. The largest absolute Gasteiger partial charge is 0.279 e. The maximum atomic E-state index is 6.39. The van der Waals surface area contributed by atoms with Crippen LogP contribution in [0, 0.1) is 0 Å². The standard InChI is InChI=1S/C14H9BrCl3N3/c15-8-3-4-10(13(18)12(8)17)21-11(5-6-16)20-9-2-1-7-19-14(9)21/h1-4,7H,5-6H2. The molecule has 2 aromatic heterocycles. The Hall–Kier alpha value is -0.810. The Labute approximate surface area is 145 Å². The molecule has 0 saturated heterocycles. The van der Waals surface area contributed by atoms with E-state index in [1.165, 1.54) is 0 Å². The van der Waals surface area contributed by atoms with Crippen molar-refractivity contribution in [1.82, 2.24) is 14.5 Å². The summed E-state index contributed by atoms with van der Waals surface area (Å²) in [4.78, 5) is 8.97. The molecule has 0 atom stereocenters. The summed E-state index contributed by atoms with van der Waals surface area (Å²) in [6, 6.07) is 7.49. The number of imidazole rings is 1. The van der Waals surface area contributed by atoms with Crippen molar-refractivity contribution >= 4 is 61.9 Å². The van der Waals surface area contributed by atoms with Crippen LogP contribution in [-0.2, 0) is 6.42 Å². The number of benzene rings is 1. The topological polar surface area (TPSA) is 30.7 Å². The molecule has 0 radical (unpaired) electrons. The highest BCUT2D eigenvalue weighted by Gasteiger charge is 2.17. The molecule has 2 heterocycles. The van der Waals surface area contributed by atoms with Crippen molar-refractivity contribution in [1.29, 1.82) is 0 Å². The highest BCUT2D eigenvalue weighted by Crippen LogP contribution is 2.36. The number of aromatic nitrogens is 3. The molecule has 0 unspecified atom stereocenters. The predicted molar refractivity (Wildman–Crippen MR) is 91.0 cm³/mol. The van der Waals surface area contributed by atoms with E-state index in [1.807, 2.05) is 28.8 Å². The van der Waals surface area contributed by atoms with E-state index in [0.29, 0.717) is 22.3 Å². The van der Waals surface area contributed by atoms with E-state index < -0.39 is 0 Å². The molecule has 0 aliphatic heterocycles. The highest BCUT2D eigenvalue weighted by atomic mass is 79.9. The monoisotopic (exact) mass is 403 g/mol. The van der Waals surface area contributed by atoms with Gasteiger partial charge >= 0.3 is 0 Å². The fourth-order valence-electron chi connectivity index (χ4n) is 2.15. The van der Waals surface area contributed by atoms with Gasteiger partial charge in [0.1, 0.15) is 11.3 Å². The minimum absolute atomic E-state index is 0.451. The number of alkyl halides is 1. The number of hydrogen-bond acceptors (Lipinski definition) is 2. The molecule has 0 amide bonds. The van der Waals surface area contributed by atoms with Crippen LogP contribution in [0.1, 0.15) is 5.82 Å². The molecule has 0 aliphatic rings. The molecule has 3 aromatic rings. The van der Waals surface area contributed by atoms with E-state index in [4.69, 9.17) is 34.8 Å². The second-order valence-electron chi connectivity index (χ2n) is 4.34. The third-order valence-corrected chi connectivity index (χ3v) is 5.01. The summed E-state index contributed by atoms with van der Waals surface area (Å²) in [5, 5.41) is 0.913. The summed E-state index contributed by atoms with van der Waals surface area (Å²) in [6.45, 7) is 0. The van der Waals surface area contributed by atoms with Gasteiger partial charge in [-0.05, 0) is 40.2 Å². The van der Waals surface area contributed by atoms with Crippen molar-refractivity contribution in [3.63, 3.8) is 0 Å². The van der Waals surface area contributed by atoms with Gasteiger partial charge in [0.05, 0.1) is 15.7 Å². The Kier molecular flexibility index (Phi) is 4.41. The molecular formula is C14H9BrCl3N3. The van der Waals surface area contributed by atoms with Crippen LogP contribution in [0.15, 0.2) is 34.9 Å². The first-order chi connectivity index (χ1) is 10.1. The third kappa shape index (κ3) is 2.66. The molecule has 7 heteroatoms. The molecular weight excluding hydrogens is 396 g/mol. The van der Waals surface area contributed by atoms with Crippen LogP contribution in [0.5, 0.6) is 0 Å². The maximum absolute atomic E-state index is 6.39. The summed E-state index contributed by atoms with van der Waals surface area (Å²) in [5.74, 6) is 1.27. The highest BCUT2D eigenvalue weighted by molar-refractivity contribution is 9.10. The van der Waals surface area contributed by atoms with Crippen molar-refractivity contribution in [3.05, 3.63) is 50.8 Å². The lowest BCUT2D eigenvalue weighted by Gasteiger charge is -2.11. The number of aryl methyl sites for hydroxylation is 1. The average molecular weight is 406 g/mol. The van der Waals surface area contributed by atoms with Crippen molar-refractivity contribution in [3.8, 4) is 5.69 Å². The summed E-state index contributed by atoms with van der Waals surface area (Å²) in [5.41, 5.74) is 2.27. The maximum Gasteiger partial charge on any atom is 0.164 e. The van der Waals surface area contributed by atoms with Gasteiger partial charge in [-0.25, -0.2) is 9.97 Å². The summed E-state index contributed by atoms with van der Waals surface area (Å²) >= 11 is 21.9. The summed E-state index contributed by atoms with van der Waals surface area (Å²) in [6.07, 6.45) is 2.33. The molecule has 1 aromatic carbocycles. The van der Waals surface area contributed by atoms with Crippen LogP contribution < -0.4 is 0 Å².